The zero-order chi connectivity index (χ0) is 30.7. The Kier molecular flexibility index (Phi) is 6.02. The summed E-state index contributed by atoms with van der Waals surface area (Å²) in [6, 6.07) is 45.5. The molecule has 0 aliphatic carbocycles. The van der Waals surface area contributed by atoms with Crippen LogP contribution in [0.5, 0.6) is 0 Å². The van der Waals surface area contributed by atoms with Crippen LogP contribution in [0.25, 0.3) is 66.4 Å². The summed E-state index contributed by atoms with van der Waals surface area (Å²) in [6.07, 6.45) is 3.57. The maximum absolute atomic E-state index is 15.5. The van der Waals surface area contributed by atoms with Crippen LogP contribution in [0.4, 0.5) is 0 Å². The largest absolute Gasteiger partial charge is 0.456 e. The van der Waals surface area contributed by atoms with E-state index in [0.29, 0.717) is 21.8 Å². The van der Waals surface area contributed by atoms with Crippen LogP contribution in [0, 0.1) is 0 Å². The lowest BCUT2D eigenvalue weighted by molar-refractivity contribution is 0.592. The zero-order valence-electron chi connectivity index (χ0n) is 24.5. The van der Waals surface area contributed by atoms with Gasteiger partial charge in [-0.25, -0.2) is 0 Å². The molecule has 5 nitrogen and oxygen atoms in total. The van der Waals surface area contributed by atoms with Crippen molar-refractivity contribution in [2.24, 2.45) is 0 Å². The van der Waals surface area contributed by atoms with Gasteiger partial charge in [-0.3, -0.25) is 9.97 Å². The normalized spacial score (nSPS) is 12.0. The van der Waals surface area contributed by atoms with E-state index in [1.165, 1.54) is 0 Å². The third-order valence-corrected chi connectivity index (χ3v) is 11.7. The molecule has 4 aromatic heterocycles. The van der Waals surface area contributed by atoms with Gasteiger partial charge in [-0.05, 0) is 84.9 Å². The molecule has 218 valence electrons. The highest BCUT2D eigenvalue weighted by Gasteiger charge is 2.31. The molecule has 0 amide bonds. The Labute approximate surface area is 264 Å². The zero-order valence-corrected chi connectivity index (χ0v) is 25.4. The van der Waals surface area contributed by atoms with Crippen molar-refractivity contribution in [3.05, 3.63) is 152 Å². The number of furan rings is 2. The van der Waals surface area contributed by atoms with Crippen LogP contribution in [0.1, 0.15) is 0 Å². The van der Waals surface area contributed by atoms with Crippen molar-refractivity contribution >= 4 is 66.9 Å². The average Bonchev–Trinajstić information content (AvgIpc) is 3.68. The molecule has 0 atom stereocenters. The second-order valence-corrected chi connectivity index (χ2v) is 14.1. The van der Waals surface area contributed by atoms with Crippen molar-refractivity contribution in [3.63, 3.8) is 0 Å². The fraction of sp³-hybridized carbons (Fsp3) is 0. The molecule has 5 aromatic carbocycles. The van der Waals surface area contributed by atoms with Gasteiger partial charge in [0, 0.05) is 61.0 Å². The highest BCUT2D eigenvalue weighted by molar-refractivity contribution is 7.85. The summed E-state index contributed by atoms with van der Waals surface area (Å²) >= 11 is 0. The number of hydrogen-bond acceptors (Lipinski definition) is 5. The van der Waals surface area contributed by atoms with Gasteiger partial charge in [0.25, 0.3) is 0 Å². The highest BCUT2D eigenvalue weighted by atomic mass is 31.2. The third kappa shape index (κ3) is 4.21. The van der Waals surface area contributed by atoms with Gasteiger partial charge >= 0.3 is 0 Å². The second kappa shape index (κ2) is 10.4. The van der Waals surface area contributed by atoms with Crippen molar-refractivity contribution < 1.29 is 13.4 Å². The Morgan fingerprint density at radius 3 is 1.30 bits per heavy atom. The van der Waals surface area contributed by atoms with Crippen LogP contribution in [0.2, 0.25) is 0 Å². The van der Waals surface area contributed by atoms with E-state index in [0.717, 1.165) is 60.5 Å². The highest BCUT2D eigenvalue weighted by Crippen LogP contribution is 2.45. The van der Waals surface area contributed by atoms with E-state index < -0.39 is 7.14 Å². The molecule has 0 saturated heterocycles. The average molecular weight is 613 g/mol. The molecule has 0 saturated carbocycles. The Morgan fingerprint density at radius 1 is 0.413 bits per heavy atom. The summed E-state index contributed by atoms with van der Waals surface area (Å²) in [5.41, 5.74) is 6.63. The Balaban J connectivity index is 1.19. The molecule has 9 rings (SSSR count). The molecule has 0 fully saturated rings. The molecule has 46 heavy (non-hydrogen) atoms. The lowest BCUT2D eigenvalue weighted by Crippen LogP contribution is -2.24. The molecular weight excluding hydrogens is 587 g/mol. The molecule has 0 N–H and O–H groups in total. The maximum atomic E-state index is 15.5. The van der Waals surface area contributed by atoms with Gasteiger partial charge in [0.1, 0.15) is 22.3 Å². The third-order valence-electron chi connectivity index (χ3n) is 8.68. The molecule has 0 aliphatic rings. The molecule has 6 heteroatoms. The first-order valence-corrected chi connectivity index (χ1v) is 16.8. The van der Waals surface area contributed by atoms with Crippen molar-refractivity contribution in [3.8, 4) is 22.5 Å². The van der Waals surface area contributed by atoms with Gasteiger partial charge in [-0.1, -0.05) is 54.6 Å². The van der Waals surface area contributed by atoms with Gasteiger partial charge in [-0.2, -0.15) is 0 Å². The van der Waals surface area contributed by atoms with Gasteiger partial charge in [0.05, 0.1) is 11.4 Å². The second-order valence-electron chi connectivity index (χ2n) is 11.4. The first-order valence-electron chi connectivity index (χ1n) is 15.1. The minimum Gasteiger partial charge on any atom is -0.456 e. The fourth-order valence-electron chi connectivity index (χ4n) is 6.39. The number of fused-ring (bicyclic) bond motifs is 6. The van der Waals surface area contributed by atoms with E-state index in [4.69, 9.17) is 8.83 Å². The van der Waals surface area contributed by atoms with Crippen molar-refractivity contribution in [1.82, 2.24) is 9.97 Å². The van der Waals surface area contributed by atoms with E-state index in [1.807, 2.05) is 115 Å². The predicted molar refractivity (Wildman–Crippen MR) is 187 cm³/mol. The van der Waals surface area contributed by atoms with Crippen LogP contribution < -0.4 is 15.9 Å². The quantitative estimate of drug-likeness (QED) is 0.181. The number of nitrogens with zero attached hydrogens (tertiary/aromatic N) is 2. The number of aromatic nitrogens is 2. The molecule has 9 aromatic rings. The summed E-state index contributed by atoms with van der Waals surface area (Å²) in [5, 5.41) is 6.10. The van der Waals surface area contributed by atoms with Gasteiger partial charge in [0.15, 0.2) is 7.14 Å². The number of pyridine rings is 2. The van der Waals surface area contributed by atoms with E-state index in [9.17, 15) is 0 Å². The molecule has 0 bridgehead atoms. The summed E-state index contributed by atoms with van der Waals surface area (Å²) in [5.74, 6) is 0. The van der Waals surface area contributed by atoms with Crippen LogP contribution in [-0.4, -0.2) is 9.97 Å². The molecule has 0 aliphatic heterocycles. The first-order chi connectivity index (χ1) is 22.6. The Morgan fingerprint density at radius 2 is 0.848 bits per heavy atom. The molecular formula is C40H25N2O3P. The molecule has 0 unspecified atom stereocenters. The van der Waals surface area contributed by atoms with Crippen molar-refractivity contribution in [2.75, 3.05) is 0 Å². The fourth-order valence-corrected chi connectivity index (χ4v) is 9.05. The standard InChI is InChI=1S/C40H25N2O3P/c43-46(28-8-2-1-3-9-28,29-14-18-33-31-16-12-26(35-10-4-6-20-41-35)22-37(31)44-39(33)24-29)30-15-19-34-32-17-13-27(36-11-5-7-21-42-36)23-38(32)45-40(34)25-30/h1-25H. The minimum absolute atomic E-state index is 0.689. The van der Waals surface area contributed by atoms with Gasteiger partial charge < -0.3 is 13.4 Å². The van der Waals surface area contributed by atoms with E-state index in [1.54, 1.807) is 12.4 Å². The van der Waals surface area contributed by atoms with Crippen molar-refractivity contribution in [2.45, 2.75) is 0 Å². The number of benzene rings is 5. The van der Waals surface area contributed by atoms with E-state index in [2.05, 4.69) is 34.2 Å². The summed E-state index contributed by atoms with van der Waals surface area (Å²) in [7, 11) is -3.33. The van der Waals surface area contributed by atoms with Gasteiger partial charge in [-0.15, -0.1) is 0 Å². The smallest absolute Gasteiger partial charge is 0.171 e. The maximum Gasteiger partial charge on any atom is 0.171 e. The minimum atomic E-state index is -3.33. The van der Waals surface area contributed by atoms with E-state index in [-0.39, 0.29) is 0 Å². The van der Waals surface area contributed by atoms with Crippen molar-refractivity contribution in [1.29, 1.82) is 0 Å². The van der Waals surface area contributed by atoms with Gasteiger partial charge in [0.2, 0.25) is 0 Å². The van der Waals surface area contributed by atoms with E-state index >= 15 is 4.57 Å². The molecule has 0 radical (unpaired) electrons. The van der Waals surface area contributed by atoms with Crippen LogP contribution >= 0.6 is 7.14 Å². The van der Waals surface area contributed by atoms with Crippen LogP contribution in [0.3, 0.4) is 0 Å². The summed E-state index contributed by atoms with van der Waals surface area (Å²) in [6.45, 7) is 0. The lowest BCUT2D eigenvalue weighted by Gasteiger charge is -2.20. The number of hydrogen-bond donors (Lipinski definition) is 0. The lowest BCUT2D eigenvalue weighted by atomic mass is 10.1. The van der Waals surface area contributed by atoms with Crippen LogP contribution in [0.15, 0.2) is 161 Å². The topological polar surface area (TPSA) is 69.1 Å². The SMILES string of the molecule is O=P(c1ccccc1)(c1ccc2c(c1)oc1cc(-c3ccccn3)ccc12)c1ccc2c(c1)oc1cc(-c3ccccn3)ccc12. The summed E-state index contributed by atoms with van der Waals surface area (Å²) in [4.78, 5) is 8.98. The summed E-state index contributed by atoms with van der Waals surface area (Å²) < 4.78 is 28.3. The molecule has 0 spiro atoms. The van der Waals surface area contributed by atoms with Crippen LogP contribution in [-0.2, 0) is 4.57 Å². The first kappa shape index (κ1) is 26.6. The molecule has 4 heterocycles. The number of rotatable bonds is 5. The Bertz CT molecular complexity index is 2450. The predicted octanol–water partition coefficient (Wildman–Crippen LogP) is 9.25. The monoisotopic (exact) mass is 612 g/mol. The Hall–Kier alpha value is -5.77.